The van der Waals surface area contributed by atoms with Gasteiger partial charge in [0, 0.05) is 44.9 Å². The summed E-state index contributed by atoms with van der Waals surface area (Å²) in [6.07, 6.45) is 5.81. The molecule has 0 saturated carbocycles. The monoisotopic (exact) mass is 364 g/mol. The lowest BCUT2D eigenvalue weighted by Crippen LogP contribution is -2.43. The second-order valence-corrected chi connectivity index (χ2v) is 7.21. The second-order valence-electron chi connectivity index (χ2n) is 7.21. The van der Waals surface area contributed by atoms with E-state index in [1.165, 1.54) is 0 Å². The van der Waals surface area contributed by atoms with E-state index in [4.69, 9.17) is 0 Å². The number of hydrazone groups is 1. The number of aryl methyl sites for hydroxylation is 1. The van der Waals surface area contributed by atoms with Crippen LogP contribution >= 0.6 is 0 Å². The Bertz CT molecular complexity index is 850. The van der Waals surface area contributed by atoms with Crippen LogP contribution in [0.15, 0.2) is 53.8 Å². The molecule has 0 radical (unpaired) electrons. The first kappa shape index (κ1) is 17.5. The van der Waals surface area contributed by atoms with Gasteiger partial charge in [0.05, 0.1) is 6.04 Å². The molecule has 1 unspecified atom stereocenters. The predicted molar refractivity (Wildman–Crippen MR) is 103 cm³/mol. The number of likely N-dealkylation sites (tertiary alicyclic amines) is 1. The summed E-state index contributed by atoms with van der Waals surface area (Å²) < 4.78 is 1.84. The Balaban J connectivity index is 1.39. The molecule has 2 amide bonds. The smallest absolute Gasteiger partial charge is 0.270 e. The average molecular weight is 364 g/mol. The van der Waals surface area contributed by atoms with Crippen molar-refractivity contribution in [1.82, 2.24) is 14.5 Å². The molecule has 3 heterocycles. The van der Waals surface area contributed by atoms with Gasteiger partial charge < -0.3 is 9.47 Å². The summed E-state index contributed by atoms with van der Waals surface area (Å²) in [5.41, 5.74) is 1.80. The SMILES string of the molecule is Cn1cccc1C(=O)N1CCC(C(=O)N2N=CCC2c2ccccc2)CC1. The molecule has 4 rings (SSSR count). The fraction of sp³-hybridized carbons (Fsp3) is 0.381. The molecule has 1 atom stereocenters. The Morgan fingerprint density at radius 1 is 1.04 bits per heavy atom. The fourth-order valence-electron chi connectivity index (χ4n) is 3.94. The van der Waals surface area contributed by atoms with Crippen molar-refractivity contribution in [2.45, 2.75) is 25.3 Å². The zero-order valence-corrected chi connectivity index (χ0v) is 15.5. The van der Waals surface area contributed by atoms with Crippen LogP contribution in [0, 0.1) is 5.92 Å². The molecule has 0 N–H and O–H groups in total. The molecule has 0 spiro atoms. The Hall–Kier alpha value is -2.89. The third-order valence-electron chi connectivity index (χ3n) is 5.53. The number of piperidine rings is 1. The maximum atomic E-state index is 13.0. The van der Waals surface area contributed by atoms with E-state index in [2.05, 4.69) is 5.10 Å². The Labute approximate surface area is 159 Å². The van der Waals surface area contributed by atoms with Crippen LogP contribution in [-0.4, -0.2) is 45.6 Å². The van der Waals surface area contributed by atoms with E-state index in [0.717, 1.165) is 12.0 Å². The van der Waals surface area contributed by atoms with Crippen molar-refractivity contribution in [2.24, 2.45) is 18.1 Å². The van der Waals surface area contributed by atoms with E-state index in [9.17, 15) is 9.59 Å². The van der Waals surface area contributed by atoms with Gasteiger partial charge in [0.15, 0.2) is 0 Å². The highest BCUT2D eigenvalue weighted by molar-refractivity contribution is 5.93. The molecule has 1 aromatic heterocycles. The van der Waals surface area contributed by atoms with Gasteiger partial charge in [-0.15, -0.1) is 0 Å². The van der Waals surface area contributed by atoms with Crippen LogP contribution in [0.3, 0.4) is 0 Å². The van der Waals surface area contributed by atoms with E-state index in [-0.39, 0.29) is 23.8 Å². The van der Waals surface area contributed by atoms with Crippen molar-refractivity contribution in [3.05, 3.63) is 59.9 Å². The standard InChI is InChI=1S/C21H24N4O2/c1-23-13-5-8-19(23)21(27)24-14-10-17(11-15-24)20(26)25-18(9-12-22-25)16-6-3-2-4-7-16/h2-8,12-13,17-18H,9-11,14-15H2,1H3. The van der Waals surface area contributed by atoms with E-state index in [1.807, 2.05) is 71.4 Å². The van der Waals surface area contributed by atoms with Crippen LogP contribution in [0.4, 0.5) is 0 Å². The molecule has 1 fully saturated rings. The Morgan fingerprint density at radius 3 is 2.44 bits per heavy atom. The largest absolute Gasteiger partial charge is 0.347 e. The summed E-state index contributed by atoms with van der Waals surface area (Å²) in [4.78, 5) is 27.5. The number of nitrogens with zero attached hydrogens (tertiary/aromatic N) is 4. The van der Waals surface area contributed by atoms with Crippen molar-refractivity contribution in [2.75, 3.05) is 13.1 Å². The normalized spacial score (nSPS) is 20.3. The molecule has 2 aromatic rings. The van der Waals surface area contributed by atoms with Gasteiger partial charge in [-0.05, 0) is 30.5 Å². The van der Waals surface area contributed by atoms with Crippen molar-refractivity contribution >= 4 is 18.0 Å². The van der Waals surface area contributed by atoms with Gasteiger partial charge in [-0.2, -0.15) is 5.10 Å². The van der Waals surface area contributed by atoms with Crippen molar-refractivity contribution < 1.29 is 9.59 Å². The first-order chi connectivity index (χ1) is 13.1. The maximum absolute atomic E-state index is 13.0. The highest BCUT2D eigenvalue weighted by Gasteiger charge is 2.35. The van der Waals surface area contributed by atoms with Crippen LogP contribution in [0.1, 0.15) is 41.4 Å². The zero-order valence-electron chi connectivity index (χ0n) is 15.5. The molecular weight excluding hydrogens is 340 g/mol. The molecule has 2 aliphatic rings. The Morgan fingerprint density at radius 2 is 1.78 bits per heavy atom. The molecule has 0 bridgehead atoms. The second kappa shape index (κ2) is 7.39. The first-order valence-corrected chi connectivity index (χ1v) is 9.46. The highest BCUT2D eigenvalue weighted by Crippen LogP contribution is 2.31. The molecular formula is C21H24N4O2. The third-order valence-corrected chi connectivity index (χ3v) is 5.53. The van der Waals surface area contributed by atoms with Gasteiger partial charge in [-0.25, -0.2) is 5.01 Å². The van der Waals surface area contributed by atoms with Crippen molar-refractivity contribution in [1.29, 1.82) is 0 Å². The van der Waals surface area contributed by atoms with Crippen LogP contribution in [0.5, 0.6) is 0 Å². The quantitative estimate of drug-likeness (QED) is 0.841. The molecule has 2 aliphatic heterocycles. The summed E-state index contributed by atoms with van der Waals surface area (Å²) in [5.74, 6) is 0.0299. The summed E-state index contributed by atoms with van der Waals surface area (Å²) in [6.45, 7) is 1.21. The van der Waals surface area contributed by atoms with Gasteiger partial charge in [0.2, 0.25) is 5.91 Å². The minimum absolute atomic E-state index is 0.0123. The summed E-state index contributed by atoms with van der Waals surface area (Å²) in [7, 11) is 1.87. The van der Waals surface area contributed by atoms with Crippen LogP contribution < -0.4 is 0 Å². The van der Waals surface area contributed by atoms with Gasteiger partial charge >= 0.3 is 0 Å². The van der Waals surface area contributed by atoms with Crippen LogP contribution in [0.2, 0.25) is 0 Å². The molecule has 140 valence electrons. The fourth-order valence-corrected chi connectivity index (χ4v) is 3.94. The minimum Gasteiger partial charge on any atom is -0.347 e. The summed E-state index contributed by atoms with van der Waals surface area (Å²) in [6, 6.07) is 13.7. The topological polar surface area (TPSA) is 57.9 Å². The number of hydrogen-bond acceptors (Lipinski definition) is 3. The third kappa shape index (κ3) is 3.39. The van der Waals surface area contributed by atoms with E-state index >= 15 is 0 Å². The van der Waals surface area contributed by atoms with Gasteiger partial charge in [0.1, 0.15) is 5.69 Å². The van der Waals surface area contributed by atoms with Crippen LogP contribution in [0.25, 0.3) is 0 Å². The lowest BCUT2D eigenvalue weighted by Gasteiger charge is -2.33. The number of amides is 2. The van der Waals surface area contributed by atoms with Crippen molar-refractivity contribution in [3.63, 3.8) is 0 Å². The number of aromatic nitrogens is 1. The van der Waals surface area contributed by atoms with Crippen LogP contribution in [-0.2, 0) is 11.8 Å². The average Bonchev–Trinajstić information content (AvgIpc) is 3.37. The highest BCUT2D eigenvalue weighted by atomic mass is 16.2. The number of carbonyl (C=O) groups excluding carboxylic acids is 2. The number of hydrogen-bond donors (Lipinski definition) is 0. The molecule has 27 heavy (non-hydrogen) atoms. The van der Waals surface area contributed by atoms with Gasteiger partial charge in [0.25, 0.3) is 5.91 Å². The first-order valence-electron chi connectivity index (χ1n) is 9.46. The van der Waals surface area contributed by atoms with Crippen molar-refractivity contribution in [3.8, 4) is 0 Å². The summed E-state index contributed by atoms with van der Waals surface area (Å²) in [5, 5.41) is 6.00. The summed E-state index contributed by atoms with van der Waals surface area (Å²) >= 11 is 0. The maximum Gasteiger partial charge on any atom is 0.270 e. The number of rotatable bonds is 3. The lowest BCUT2D eigenvalue weighted by atomic mass is 9.94. The predicted octanol–water partition coefficient (Wildman–Crippen LogP) is 2.84. The molecule has 1 aromatic carbocycles. The lowest BCUT2D eigenvalue weighted by molar-refractivity contribution is -0.138. The van der Waals surface area contributed by atoms with E-state index < -0.39 is 0 Å². The van der Waals surface area contributed by atoms with Gasteiger partial charge in [-0.3, -0.25) is 9.59 Å². The molecule has 1 saturated heterocycles. The van der Waals surface area contributed by atoms with E-state index in [0.29, 0.717) is 31.6 Å². The van der Waals surface area contributed by atoms with Gasteiger partial charge in [-0.1, -0.05) is 30.3 Å². The Kier molecular flexibility index (Phi) is 4.79. The number of benzene rings is 1. The molecule has 0 aliphatic carbocycles. The minimum atomic E-state index is -0.0797. The zero-order chi connectivity index (χ0) is 18.8. The number of carbonyl (C=O) groups is 2. The molecule has 6 heteroatoms. The van der Waals surface area contributed by atoms with E-state index in [1.54, 1.807) is 5.01 Å². The molecule has 6 nitrogen and oxygen atoms in total.